The third-order valence-electron chi connectivity index (χ3n) is 13.0. The highest BCUT2D eigenvalue weighted by Crippen LogP contribution is 2.35. The highest BCUT2D eigenvalue weighted by molar-refractivity contribution is 7.13. The van der Waals surface area contributed by atoms with Crippen LogP contribution in [0.4, 0.5) is 21.6 Å². The van der Waals surface area contributed by atoms with Crippen molar-refractivity contribution in [3.8, 4) is 16.2 Å². The Labute approximate surface area is 438 Å². The maximum absolute atomic E-state index is 14.1. The molecule has 0 spiro atoms. The van der Waals surface area contributed by atoms with Gasteiger partial charge in [-0.05, 0) is 86.5 Å². The van der Waals surface area contributed by atoms with Crippen molar-refractivity contribution in [2.24, 2.45) is 5.41 Å². The second-order valence-corrected chi connectivity index (χ2v) is 21.0. The lowest BCUT2D eigenvalue weighted by atomic mass is 9.85. The number of carbonyl (C=O) groups excluding carboxylic acids is 4. The van der Waals surface area contributed by atoms with E-state index in [1.54, 1.807) is 34.3 Å². The van der Waals surface area contributed by atoms with Crippen LogP contribution >= 0.6 is 22.9 Å². The molecule has 2 fully saturated rings. The van der Waals surface area contributed by atoms with Crippen LogP contribution in [0.15, 0.2) is 84.8 Å². The number of carbonyl (C=O) groups is 4. The van der Waals surface area contributed by atoms with Gasteiger partial charge in [-0.15, -0.1) is 16.4 Å². The van der Waals surface area contributed by atoms with E-state index in [9.17, 15) is 28.7 Å². The molecule has 3 aromatic carbocycles. The lowest BCUT2D eigenvalue weighted by Crippen LogP contribution is -2.57. The van der Waals surface area contributed by atoms with Gasteiger partial charge in [-0.3, -0.25) is 28.8 Å². The third kappa shape index (κ3) is 14.0. The van der Waals surface area contributed by atoms with Gasteiger partial charge in [0, 0.05) is 62.2 Å². The van der Waals surface area contributed by atoms with E-state index in [4.69, 9.17) is 16.3 Å². The number of thiazole rings is 1. The van der Waals surface area contributed by atoms with E-state index in [-0.39, 0.29) is 55.3 Å². The number of nitrogens with one attached hydrogen (secondary N) is 4. The second-order valence-electron chi connectivity index (χ2n) is 19.8. The number of fused-ring (bicyclic) bond motifs is 1. The fourth-order valence-electron chi connectivity index (χ4n) is 8.97. The molecule has 0 bridgehead atoms. The highest BCUT2D eigenvalue weighted by atomic mass is 35.5. The number of aliphatic hydroxyl groups is 1. The van der Waals surface area contributed by atoms with Crippen molar-refractivity contribution in [1.29, 1.82) is 0 Å². The SMILES string of the molecule is Cc1ncsc1-c1ccc(CNC(=O)C2CC(O)CN2C(=O)C(NC(=O)CCCCn2cc(COc3cc4ncnc(Nc5ccc(F)c(Cl)c5)c4cc3NC(=O)C=CCN3CCCCC3)nn2)C(C)(C)C)cc1. The molecule has 6 aromatic rings. The predicted molar refractivity (Wildman–Crippen MR) is 282 cm³/mol. The van der Waals surface area contributed by atoms with Crippen molar-refractivity contribution in [1.82, 2.24) is 50.4 Å². The monoisotopic (exact) mass is 1050 g/mol. The molecule has 2 aliphatic rings. The average molecular weight is 1050 g/mol. The Morgan fingerprint density at radius 2 is 1.81 bits per heavy atom. The summed E-state index contributed by atoms with van der Waals surface area (Å²) in [5.74, 6) is -1.28. The molecule has 8 rings (SSSR count). The number of piperidine rings is 1. The number of hydrogen-bond donors (Lipinski definition) is 5. The standard InChI is InChI=1S/C53H62ClFN12O6S/c1-33-48(74-32-59-33)35-15-13-34(14-16-35)27-56-51(71)44-24-38(68)29-67(44)52(72)49(53(2,3)4)62-47(70)11-6-9-22-66-28-37(63-64-66)30-73-45-26-42-39(50(58-31-57-42)60-36-17-18-41(55)40(54)23-36)25-43(45)61-46(69)12-10-21-65-19-7-5-8-20-65/h10,12-18,23,25-26,28,31-32,38,44,49,68H,5-9,11,19-22,24,27,29-30H2,1-4H3,(H,56,71)(H,61,69)(H,62,70)(H,57,58,60). The topological polar surface area (TPSA) is 222 Å². The minimum Gasteiger partial charge on any atom is -0.485 e. The van der Waals surface area contributed by atoms with Crippen molar-refractivity contribution in [3.63, 3.8) is 0 Å². The number of hydrogen-bond acceptors (Lipinski definition) is 14. The number of aryl methyl sites for hydroxylation is 2. The minimum atomic E-state index is -0.944. The number of likely N-dealkylation sites (tertiary alicyclic amines) is 2. The Bertz CT molecular complexity index is 2970. The van der Waals surface area contributed by atoms with Crippen LogP contribution < -0.4 is 26.0 Å². The Balaban J connectivity index is 0.843. The van der Waals surface area contributed by atoms with E-state index in [1.165, 1.54) is 41.9 Å². The second kappa shape index (κ2) is 24.4. The van der Waals surface area contributed by atoms with E-state index >= 15 is 0 Å². The molecule has 5 N–H and O–H groups in total. The maximum Gasteiger partial charge on any atom is 0.248 e. The Hall–Kier alpha value is -6.87. The molecule has 0 aliphatic carbocycles. The van der Waals surface area contributed by atoms with Crippen LogP contribution in [0.3, 0.4) is 0 Å². The summed E-state index contributed by atoms with van der Waals surface area (Å²) in [7, 11) is 0. The van der Waals surface area contributed by atoms with Crippen LogP contribution in [0.2, 0.25) is 5.02 Å². The molecule has 0 radical (unpaired) electrons. The molecule has 3 aromatic heterocycles. The molecule has 3 unspecified atom stereocenters. The van der Waals surface area contributed by atoms with Crippen LogP contribution in [0.1, 0.15) is 82.7 Å². The number of rotatable bonds is 20. The molecule has 390 valence electrons. The zero-order chi connectivity index (χ0) is 52.4. The summed E-state index contributed by atoms with van der Waals surface area (Å²) < 4.78 is 21.8. The fourth-order valence-corrected chi connectivity index (χ4v) is 9.97. The van der Waals surface area contributed by atoms with E-state index in [2.05, 4.69) is 51.4 Å². The van der Waals surface area contributed by atoms with Crippen LogP contribution in [-0.2, 0) is 38.9 Å². The molecule has 2 saturated heterocycles. The lowest BCUT2D eigenvalue weighted by molar-refractivity contribution is -0.144. The molecule has 21 heteroatoms. The first-order chi connectivity index (χ1) is 35.6. The van der Waals surface area contributed by atoms with Crippen LogP contribution in [-0.4, -0.2) is 113 Å². The first kappa shape index (κ1) is 53.4. The number of β-amino-alcohol motifs (C(OH)–C–C–N with tert-alkyl or cyclic N) is 1. The van der Waals surface area contributed by atoms with Crippen molar-refractivity contribution in [3.05, 3.63) is 113 Å². The van der Waals surface area contributed by atoms with Crippen molar-refractivity contribution in [2.45, 2.75) is 111 Å². The molecule has 0 saturated carbocycles. The first-order valence-electron chi connectivity index (χ1n) is 24.9. The summed E-state index contributed by atoms with van der Waals surface area (Å²) in [6.45, 7) is 10.9. The number of benzene rings is 3. The number of aromatic nitrogens is 6. The maximum atomic E-state index is 14.1. The van der Waals surface area contributed by atoms with Gasteiger partial charge < -0.3 is 36.0 Å². The van der Waals surface area contributed by atoms with Crippen molar-refractivity contribution in [2.75, 3.05) is 36.8 Å². The molecule has 3 atom stereocenters. The number of unbranched alkanes of at least 4 members (excludes halogenated alkanes) is 1. The smallest absolute Gasteiger partial charge is 0.248 e. The normalized spacial score (nSPS) is 16.6. The van der Waals surface area contributed by atoms with Gasteiger partial charge in [-0.25, -0.2) is 19.3 Å². The largest absolute Gasteiger partial charge is 0.485 e. The number of amides is 4. The summed E-state index contributed by atoms with van der Waals surface area (Å²) in [5, 5.41) is 31.7. The van der Waals surface area contributed by atoms with Gasteiger partial charge >= 0.3 is 0 Å². The molecule has 2 aliphatic heterocycles. The quantitative estimate of drug-likeness (QED) is 0.0366. The van der Waals surface area contributed by atoms with Gasteiger partial charge in [0.05, 0.1) is 44.6 Å². The van der Waals surface area contributed by atoms with Gasteiger partial charge in [0.2, 0.25) is 23.6 Å². The number of ether oxygens (including phenoxy) is 1. The summed E-state index contributed by atoms with van der Waals surface area (Å²) in [6.07, 6.45) is 10.4. The van der Waals surface area contributed by atoms with Crippen LogP contribution in [0.25, 0.3) is 21.3 Å². The lowest BCUT2D eigenvalue weighted by Gasteiger charge is -2.35. The number of nitrogens with zero attached hydrogens (tertiary/aromatic N) is 8. The van der Waals surface area contributed by atoms with Gasteiger partial charge in [0.15, 0.2) is 0 Å². The first-order valence-corrected chi connectivity index (χ1v) is 26.1. The van der Waals surface area contributed by atoms with Gasteiger partial charge in [0.25, 0.3) is 0 Å². The average Bonchev–Trinajstić information content (AvgIpc) is 4.14. The molecule has 74 heavy (non-hydrogen) atoms. The predicted octanol–water partition coefficient (Wildman–Crippen LogP) is 7.73. The van der Waals surface area contributed by atoms with E-state index < -0.39 is 35.3 Å². The third-order valence-corrected chi connectivity index (χ3v) is 14.2. The summed E-state index contributed by atoms with van der Waals surface area (Å²) in [5.41, 5.74) is 5.89. The summed E-state index contributed by atoms with van der Waals surface area (Å²) >= 11 is 7.61. The van der Waals surface area contributed by atoms with Crippen molar-refractivity contribution >= 4 is 74.7 Å². The molecule has 5 heterocycles. The number of halogens is 2. The van der Waals surface area contributed by atoms with E-state index in [0.29, 0.717) is 65.5 Å². The van der Waals surface area contributed by atoms with Gasteiger partial charge in [-0.2, -0.15) is 0 Å². The number of aliphatic hydroxyl groups excluding tert-OH is 1. The zero-order valence-corrected chi connectivity index (χ0v) is 43.5. The Morgan fingerprint density at radius 3 is 2.55 bits per heavy atom. The van der Waals surface area contributed by atoms with Crippen molar-refractivity contribution < 1.29 is 33.4 Å². The van der Waals surface area contributed by atoms with Gasteiger partial charge in [0.1, 0.15) is 48.1 Å². The number of anilines is 3. The van der Waals surface area contributed by atoms with E-state index in [1.807, 2.05) is 63.5 Å². The highest BCUT2D eigenvalue weighted by Gasteiger charge is 2.44. The van der Waals surface area contributed by atoms with Crippen LogP contribution in [0, 0.1) is 18.2 Å². The van der Waals surface area contributed by atoms with E-state index in [0.717, 1.165) is 47.6 Å². The van der Waals surface area contributed by atoms with Crippen LogP contribution in [0.5, 0.6) is 5.75 Å². The summed E-state index contributed by atoms with van der Waals surface area (Å²) in [4.78, 5) is 72.3. The Morgan fingerprint density at radius 1 is 1.01 bits per heavy atom. The van der Waals surface area contributed by atoms with Gasteiger partial charge in [-0.1, -0.05) is 74.3 Å². The molecular weight excluding hydrogens is 987 g/mol. The minimum absolute atomic E-state index is 0.00669. The fraction of sp³-hybridized carbons (Fsp3) is 0.415. The molecule has 4 amide bonds. The molecular formula is C53H62ClFN12O6S. The summed E-state index contributed by atoms with van der Waals surface area (Å²) in [6, 6.07) is 13.7. The Kier molecular flexibility index (Phi) is 17.6. The molecule has 18 nitrogen and oxygen atoms in total. The zero-order valence-electron chi connectivity index (χ0n) is 41.9.